The molecule has 0 saturated carbocycles. The number of hydrogen-bond acceptors (Lipinski definition) is 3. The zero-order chi connectivity index (χ0) is 17.9. The molecule has 0 bridgehead atoms. The zero-order valence-electron chi connectivity index (χ0n) is 15.5. The van der Waals surface area contributed by atoms with Crippen LogP contribution in [0.4, 0.5) is 0 Å². The minimum Gasteiger partial charge on any atom is -0.496 e. The summed E-state index contributed by atoms with van der Waals surface area (Å²) in [5.74, 6) is 0.838. The molecule has 4 nitrogen and oxygen atoms in total. The van der Waals surface area contributed by atoms with Crippen LogP contribution in [0.2, 0.25) is 25.7 Å². The van der Waals surface area contributed by atoms with Gasteiger partial charge in [-0.3, -0.25) is 0 Å². The van der Waals surface area contributed by atoms with Crippen LogP contribution >= 0.6 is 0 Å². The average molecular weight is 355 g/mol. The fraction of sp³-hybridized carbons (Fsp3) is 0.350. The van der Waals surface area contributed by atoms with Gasteiger partial charge in [0.15, 0.2) is 0 Å². The van der Waals surface area contributed by atoms with Gasteiger partial charge in [-0.1, -0.05) is 50.0 Å². The smallest absolute Gasteiger partial charge is 0.146 e. The Labute approximate surface area is 150 Å². The third-order valence-corrected chi connectivity index (χ3v) is 5.95. The molecule has 2 heterocycles. The molecule has 25 heavy (non-hydrogen) atoms. The number of rotatable bonds is 7. The van der Waals surface area contributed by atoms with Crippen LogP contribution in [-0.4, -0.2) is 31.3 Å². The Bertz CT molecular complexity index is 838. The van der Waals surface area contributed by atoms with Crippen LogP contribution in [0.3, 0.4) is 0 Å². The van der Waals surface area contributed by atoms with E-state index >= 15 is 0 Å². The van der Waals surface area contributed by atoms with E-state index in [0.717, 1.165) is 40.6 Å². The standard InChI is InChI=1S/C20H26N2O2Si/c1-23-18-10-11-21-20-19(18)17(16-8-6-5-7-9-16)14-22(20)15-24-12-13-25(2,3)4/h5-11,14H,12-13,15H2,1-4H3. The molecular weight excluding hydrogens is 328 g/mol. The molecule has 0 radical (unpaired) electrons. The summed E-state index contributed by atoms with van der Waals surface area (Å²) in [5, 5.41) is 1.03. The van der Waals surface area contributed by atoms with Crippen molar-refractivity contribution in [2.24, 2.45) is 0 Å². The van der Waals surface area contributed by atoms with Gasteiger partial charge in [-0.2, -0.15) is 0 Å². The molecule has 0 spiro atoms. The number of fused-ring (bicyclic) bond motifs is 1. The number of nitrogens with zero attached hydrogens (tertiary/aromatic N) is 2. The maximum Gasteiger partial charge on any atom is 0.146 e. The van der Waals surface area contributed by atoms with Crippen molar-refractivity contribution in [3.8, 4) is 16.9 Å². The van der Waals surface area contributed by atoms with E-state index < -0.39 is 8.07 Å². The van der Waals surface area contributed by atoms with E-state index in [4.69, 9.17) is 9.47 Å². The van der Waals surface area contributed by atoms with E-state index in [0.29, 0.717) is 6.73 Å². The Morgan fingerprint density at radius 1 is 1.08 bits per heavy atom. The molecule has 0 atom stereocenters. The lowest BCUT2D eigenvalue weighted by Gasteiger charge is -2.15. The summed E-state index contributed by atoms with van der Waals surface area (Å²) in [6.45, 7) is 8.39. The van der Waals surface area contributed by atoms with Gasteiger partial charge in [0.05, 0.1) is 12.5 Å². The maximum absolute atomic E-state index is 5.94. The molecule has 1 aromatic carbocycles. The molecule has 0 N–H and O–H groups in total. The van der Waals surface area contributed by atoms with E-state index in [1.807, 2.05) is 24.3 Å². The second kappa shape index (κ2) is 7.41. The first-order chi connectivity index (χ1) is 12.0. The predicted molar refractivity (Wildman–Crippen MR) is 106 cm³/mol. The van der Waals surface area contributed by atoms with Crippen LogP contribution in [0.25, 0.3) is 22.2 Å². The number of pyridine rings is 1. The fourth-order valence-electron chi connectivity index (χ4n) is 2.83. The minimum absolute atomic E-state index is 0.508. The summed E-state index contributed by atoms with van der Waals surface area (Å²) in [5.41, 5.74) is 3.17. The highest BCUT2D eigenvalue weighted by Crippen LogP contribution is 2.35. The molecule has 3 rings (SSSR count). The summed E-state index contributed by atoms with van der Waals surface area (Å²) >= 11 is 0. The van der Waals surface area contributed by atoms with E-state index in [-0.39, 0.29) is 0 Å². The van der Waals surface area contributed by atoms with Gasteiger partial charge >= 0.3 is 0 Å². The third-order valence-electron chi connectivity index (χ3n) is 4.25. The molecule has 0 fully saturated rings. The first kappa shape index (κ1) is 17.7. The maximum atomic E-state index is 5.94. The summed E-state index contributed by atoms with van der Waals surface area (Å²) in [6, 6.07) is 13.4. The van der Waals surface area contributed by atoms with Crippen molar-refractivity contribution in [2.45, 2.75) is 32.4 Å². The largest absolute Gasteiger partial charge is 0.496 e. The highest BCUT2D eigenvalue weighted by molar-refractivity contribution is 6.76. The molecule has 2 aromatic heterocycles. The Balaban J connectivity index is 1.94. The normalized spacial score (nSPS) is 11.8. The van der Waals surface area contributed by atoms with Crippen molar-refractivity contribution in [3.05, 3.63) is 48.8 Å². The van der Waals surface area contributed by atoms with E-state index in [2.05, 4.69) is 47.5 Å². The van der Waals surface area contributed by atoms with Gasteiger partial charge in [-0.05, 0) is 17.7 Å². The minimum atomic E-state index is -1.08. The van der Waals surface area contributed by atoms with Crippen LogP contribution in [0.15, 0.2) is 48.8 Å². The number of benzene rings is 1. The Kier molecular flexibility index (Phi) is 5.25. The summed E-state index contributed by atoms with van der Waals surface area (Å²) < 4.78 is 13.6. The quantitative estimate of drug-likeness (QED) is 0.441. The lowest BCUT2D eigenvalue weighted by atomic mass is 10.1. The molecule has 0 aliphatic carbocycles. The second-order valence-corrected chi connectivity index (χ2v) is 13.1. The Morgan fingerprint density at radius 3 is 2.52 bits per heavy atom. The molecular formula is C20H26N2O2Si. The zero-order valence-corrected chi connectivity index (χ0v) is 16.5. The van der Waals surface area contributed by atoms with E-state index in [1.165, 1.54) is 0 Å². The molecule has 0 aliphatic heterocycles. The van der Waals surface area contributed by atoms with E-state index in [9.17, 15) is 0 Å². The van der Waals surface area contributed by atoms with Gasteiger partial charge in [-0.15, -0.1) is 0 Å². The third kappa shape index (κ3) is 4.11. The monoisotopic (exact) mass is 354 g/mol. The number of methoxy groups -OCH3 is 1. The summed E-state index contributed by atoms with van der Waals surface area (Å²) in [6.07, 6.45) is 3.90. The van der Waals surface area contributed by atoms with Crippen LogP contribution < -0.4 is 4.74 Å². The first-order valence-corrected chi connectivity index (χ1v) is 12.4. The second-order valence-electron chi connectivity index (χ2n) is 7.44. The topological polar surface area (TPSA) is 36.3 Å². The molecule has 0 aliphatic rings. The van der Waals surface area contributed by atoms with Crippen molar-refractivity contribution in [3.63, 3.8) is 0 Å². The van der Waals surface area contributed by atoms with Gasteiger partial charge in [0.2, 0.25) is 0 Å². The molecule has 5 heteroatoms. The lowest BCUT2D eigenvalue weighted by Crippen LogP contribution is -2.22. The van der Waals surface area contributed by atoms with Crippen LogP contribution in [-0.2, 0) is 11.5 Å². The predicted octanol–water partition coefficient (Wildman–Crippen LogP) is 5.02. The molecule has 0 unspecified atom stereocenters. The molecule has 0 amide bonds. The average Bonchev–Trinajstić information content (AvgIpc) is 2.97. The molecule has 132 valence electrons. The van der Waals surface area contributed by atoms with Crippen LogP contribution in [0.1, 0.15) is 0 Å². The Morgan fingerprint density at radius 2 is 1.84 bits per heavy atom. The molecule has 0 saturated heterocycles. The highest BCUT2D eigenvalue weighted by atomic mass is 28.3. The van der Waals surface area contributed by atoms with Crippen LogP contribution in [0.5, 0.6) is 5.75 Å². The van der Waals surface area contributed by atoms with Gasteiger partial charge in [-0.25, -0.2) is 4.98 Å². The fourth-order valence-corrected chi connectivity index (χ4v) is 3.59. The summed E-state index contributed by atoms with van der Waals surface area (Å²) in [4.78, 5) is 4.58. The van der Waals surface area contributed by atoms with Crippen molar-refractivity contribution >= 4 is 19.1 Å². The lowest BCUT2D eigenvalue weighted by molar-refractivity contribution is 0.0899. The SMILES string of the molecule is COc1ccnc2c1c(-c1ccccc1)cn2COCC[Si](C)(C)C. The van der Waals surface area contributed by atoms with Crippen molar-refractivity contribution in [1.82, 2.24) is 9.55 Å². The van der Waals surface area contributed by atoms with E-state index in [1.54, 1.807) is 13.3 Å². The summed E-state index contributed by atoms with van der Waals surface area (Å²) in [7, 11) is 0.619. The van der Waals surface area contributed by atoms with Gasteiger partial charge in [0, 0.05) is 32.6 Å². The van der Waals surface area contributed by atoms with Gasteiger partial charge in [0.1, 0.15) is 18.1 Å². The molecule has 3 aromatic rings. The highest BCUT2D eigenvalue weighted by Gasteiger charge is 2.16. The number of ether oxygens (including phenoxy) is 2. The van der Waals surface area contributed by atoms with Gasteiger partial charge in [0.25, 0.3) is 0 Å². The van der Waals surface area contributed by atoms with Gasteiger partial charge < -0.3 is 14.0 Å². The number of hydrogen-bond donors (Lipinski definition) is 0. The van der Waals surface area contributed by atoms with Crippen LogP contribution in [0, 0.1) is 0 Å². The van der Waals surface area contributed by atoms with Crippen molar-refractivity contribution < 1.29 is 9.47 Å². The number of aromatic nitrogens is 2. The Hall–Kier alpha value is -2.11. The van der Waals surface area contributed by atoms with Crippen molar-refractivity contribution in [2.75, 3.05) is 13.7 Å². The first-order valence-electron chi connectivity index (χ1n) is 8.64. The van der Waals surface area contributed by atoms with Crippen molar-refractivity contribution in [1.29, 1.82) is 0 Å².